The number of anilines is 1. The summed E-state index contributed by atoms with van der Waals surface area (Å²) >= 11 is 0. The summed E-state index contributed by atoms with van der Waals surface area (Å²) in [7, 11) is -3.64. The molecule has 2 atom stereocenters. The van der Waals surface area contributed by atoms with E-state index >= 15 is 0 Å². The van der Waals surface area contributed by atoms with Crippen molar-refractivity contribution in [2.45, 2.75) is 30.9 Å². The Morgan fingerprint density at radius 3 is 2.95 bits per heavy atom. The molecule has 1 saturated heterocycles. The molecule has 2 rings (SSSR count). The lowest BCUT2D eigenvalue weighted by Crippen LogP contribution is -2.50. The van der Waals surface area contributed by atoms with Crippen molar-refractivity contribution in [3.05, 3.63) is 18.3 Å². The van der Waals surface area contributed by atoms with E-state index in [1.165, 1.54) is 16.6 Å². The van der Waals surface area contributed by atoms with Crippen LogP contribution in [0.1, 0.15) is 13.8 Å². The van der Waals surface area contributed by atoms with Crippen molar-refractivity contribution in [2.75, 3.05) is 18.6 Å². The lowest BCUT2D eigenvalue weighted by molar-refractivity contribution is -0.0170. The molecule has 0 amide bonds. The van der Waals surface area contributed by atoms with Gasteiger partial charge in [-0.15, -0.1) is 0 Å². The number of aromatic nitrogens is 1. The molecule has 1 aromatic rings. The maximum absolute atomic E-state index is 12.7. The average Bonchev–Trinajstić information content (AvgIpc) is 2.41. The van der Waals surface area contributed by atoms with E-state index in [2.05, 4.69) is 10.4 Å². The summed E-state index contributed by atoms with van der Waals surface area (Å²) in [5, 5.41) is 0. The standard InChI is InChI=1S/C11H18N4O3S/c1-8-7-18-9(2)6-15(8)19(16,17)10-4-3-5-13-11(10)14-12/h3-5,8-9H,6-7,12H2,1-2H3,(H,13,14). The Hall–Kier alpha value is -1.22. The summed E-state index contributed by atoms with van der Waals surface area (Å²) in [4.78, 5) is 4.01. The van der Waals surface area contributed by atoms with E-state index in [0.717, 1.165) is 0 Å². The van der Waals surface area contributed by atoms with Crippen LogP contribution in [0.25, 0.3) is 0 Å². The van der Waals surface area contributed by atoms with Gasteiger partial charge >= 0.3 is 0 Å². The van der Waals surface area contributed by atoms with Crippen molar-refractivity contribution in [3.8, 4) is 0 Å². The molecule has 7 nitrogen and oxygen atoms in total. The number of morpholine rings is 1. The van der Waals surface area contributed by atoms with Crippen molar-refractivity contribution in [1.29, 1.82) is 0 Å². The van der Waals surface area contributed by atoms with Gasteiger partial charge in [0.15, 0.2) is 5.82 Å². The average molecular weight is 286 g/mol. The number of rotatable bonds is 3. The number of nitrogens with one attached hydrogen (secondary N) is 1. The van der Waals surface area contributed by atoms with Gasteiger partial charge in [-0.3, -0.25) is 0 Å². The molecule has 0 radical (unpaired) electrons. The maximum Gasteiger partial charge on any atom is 0.247 e. The number of hydrogen-bond donors (Lipinski definition) is 2. The monoisotopic (exact) mass is 286 g/mol. The van der Waals surface area contributed by atoms with Crippen molar-refractivity contribution >= 4 is 15.8 Å². The van der Waals surface area contributed by atoms with E-state index in [1.807, 2.05) is 13.8 Å². The van der Waals surface area contributed by atoms with Crippen molar-refractivity contribution in [1.82, 2.24) is 9.29 Å². The number of nitrogen functional groups attached to an aromatic ring is 1. The summed E-state index contributed by atoms with van der Waals surface area (Å²) in [5.74, 6) is 5.47. The zero-order valence-electron chi connectivity index (χ0n) is 10.9. The number of pyridine rings is 1. The Labute approximate surface area is 112 Å². The van der Waals surface area contributed by atoms with E-state index in [9.17, 15) is 8.42 Å². The molecule has 106 valence electrons. The normalized spacial score (nSPS) is 25.2. The Bertz CT molecular complexity index is 549. The highest BCUT2D eigenvalue weighted by molar-refractivity contribution is 7.89. The van der Waals surface area contributed by atoms with E-state index in [4.69, 9.17) is 10.6 Å². The van der Waals surface area contributed by atoms with E-state index < -0.39 is 10.0 Å². The third-order valence-corrected chi connectivity index (χ3v) is 5.06. The second kappa shape index (κ2) is 5.41. The van der Waals surface area contributed by atoms with Gasteiger partial charge in [0.25, 0.3) is 0 Å². The van der Waals surface area contributed by atoms with Gasteiger partial charge in [0.1, 0.15) is 4.90 Å². The van der Waals surface area contributed by atoms with Crippen LogP contribution in [0.15, 0.2) is 23.2 Å². The first-order chi connectivity index (χ1) is 8.96. The fourth-order valence-electron chi connectivity index (χ4n) is 2.04. The van der Waals surface area contributed by atoms with E-state index in [0.29, 0.717) is 13.2 Å². The molecule has 2 unspecified atom stereocenters. The van der Waals surface area contributed by atoms with Crippen molar-refractivity contribution in [2.24, 2.45) is 5.84 Å². The first kappa shape index (κ1) is 14.2. The van der Waals surface area contributed by atoms with Crippen molar-refractivity contribution in [3.63, 3.8) is 0 Å². The largest absolute Gasteiger partial charge is 0.375 e. The summed E-state index contributed by atoms with van der Waals surface area (Å²) in [6.07, 6.45) is 1.36. The molecule has 1 aliphatic rings. The van der Waals surface area contributed by atoms with Crippen LogP contribution in [-0.4, -0.2) is 43.0 Å². The number of hydrogen-bond acceptors (Lipinski definition) is 6. The van der Waals surface area contributed by atoms with Gasteiger partial charge in [-0.05, 0) is 26.0 Å². The van der Waals surface area contributed by atoms with E-state index in [1.54, 1.807) is 6.07 Å². The fourth-order valence-corrected chi connectivity index (χ4v) is 3.84. The van der Waals surface area contributed by atoms with Gasteiger partial charge in [0.2, 0.25) is 10.0 Å². The molecule has 0 saturated carbocycles. The third kappa shape index (κ3) is 2.71. The molecule has 0 aromatic carbocycles. The second-order valence-corrected chi connectivity index (χ2v) is 6.42. The summed E-state index contributed by atoms with van der Waals surface area (Å²) in [5.41, 5.74) is 2.32. The highest BCUT2D eigenvalue weighted by Gasteiger charge is 2.35. The molecule has 2 heterocycles. The fraction of sp³-hybridized carbons (Fsp3) is 0.545. The number of sulfonamides is 1. The predicted molar refractivity (Wildman–Crippen MR) is 70.8 cm³/mol. The molecule has 0 spiro atoms. The van der Waals surface area contributed by atoms with Crippen molar-refractivity contribution < 1.29 is 13.2 Å². The van der Waals surface area contributed by atoms with Crippen LogP contribution in [0.3, 0.4) is 0 Å². The first-order valence-corrected chi connectivity index (χ1v) is 7.46. The van der Waals surface area contributed by atoms with Crippen LogP contribution >= 0.6 is 0 Å². The molecular weight excluding hydrogens is 268 g/mol. The minimum atomic E-state index is -3.64. The lowest BCUT2D eigenvalue weighted by atomic mass is 10.2. The molecular formula is C11H18N4O3S. The first-order valence-electron chi connectivity index (χ1n) is 6.02. The highest BCUT2D eigenvalue weighted by atomic mass is 32.2. The minimum absolute atomic E-state index is 0.0819. The maximum atomic E-state index is 12.7. The van der Waals surface area contributed by atoms with Crippen LogP contribution in [0.5, 0.6) is 0 Å². The summed E-state index contributed by atoms with van der Waals surface area (Å²) in [6.45, 7) is 4.36. The second-order valence-electron chi connectivity index (χ2n) is 4.56. The molecule has 1 aliphatic heterocycles. The van der Waals surface area contributed by atoms with E-state index in [-0.39, 0.29) is 22.9 Å². The zero-order chi connectivity index (χ0) is 14.0. The van der Waals surface area contributed by atoms with Crippen LogP contribution in [0, 0.1) is 0 Å². The molecule has 1 aromatic heterocycles. The topological polar surface area (TPSA) is 97.6 Å². The van der Waals surface area contributed by atoms with Gasteiger partial charge in [0.05, 0.1) is 12.7 Å². The molecule has 0 bridgehead atoms. The molecule has 0 aliphatic carbocycles. The minimum Gasteiger partial charge on any atom is -0.375 e. The van der Waals surface area contributed by atoms with Gasteiger partial charge in [-0.1, -0.05) is 0 Å². The Morgan fingerprint density at radius 1 is 1.53 bits per heavy atom. The molecule has 3 N–H and O–H groups in total. The van der Waals surface area contributed by atoms with Gasteiger partial charge < -0.3 is 10.2 Å². The highest BCUT2D eigenvalue weighted by Crippen LogP contribution is 2.25. The quantitative estimate of drug-likeness (QED) is 0.607. The summed E-state index contributed by atoms with van der Waals surface area (Å²) in [6, 6.07) is 2.85. The number of nitrogens with two attached hydrogens (primary N) is 1. The molecule has 19 heavy (non-hydrogen) atoms. The Morgan fingerprint density at radius 2 is 2.26 bits per heavy atom. The molecule has 1 fully saturated rings. The SMILES string of the molecule is CC1CN(S(=O)(=O)c2cccnc2NN)C(C)CO1. The third-order valence-electron chi connectivity index (χ3n) is 3.04. The zero-order valence-corrected chi connectivity index (χ0v) is 11.7. The smallest absolute Gasteiger partial charge is 0.247 e. The van der Waals surface area contributed by atoms with Crippen LogP contribution in [0.2, 0.25) is 0 Å². The van der Waals surface area contributed by atoms with Gasteiger partial charge in [0, 0.05) is 18.8 Å². The predicted octanol–water partition coefficient (Wildman–Crippen LogP) is 0.165. The van der Waals surface area contributed by atoms with Crippen LogP contribution < -0.4 is 11.3 Å². The van der Waals surface area contributed by atoms with Crippen LogP contribution in [0.4, 0.5) is 5.82 Å². The van der Waals surface area contributed by atoms with Gasteiger partial charge in [-0.2, -0.15) is 4.31 Å². The lowest BCUT2D eigenvalue weighted by Gasteiger charge is -2.35. The number of nitrogens with zero attached hydrogens (tertiary/aromatic N) is 2. The Balaban J connectivity index is 2.41. The number of ether oxygens (including phenoxy) is 1. The molecule has 8 heteroatoms. The van der Waals surface area contributed by atoms with Gasteiger partial charge in [-0.25, -0.2) is 19.2 Å². The summed E-state index contributed by atoms with van der Waals surface area (Å²) < 4.78 is 32.2. The number of hydrazine groups is 1. The Kier molecular flexibility index (Phi) is 4.04. The van der Waals surface area contributed by atoms with Crippen LogP contribution in [-0.2, 0) is 14.8 Å².